The highest BCUT2D eigenvalue weighted by molar-refractivity contribution is 7.10. The number of carboxylic acids is 1. The average molecular weight is 323 g/mol. The van der Waals surface area contributed by atoms with Crippen molar-refractivity contribution in [3.63, 3.8) is 0 Å². The predicted molar refractivity (Wildman–Crippen MR) is 88.1 cm³/mol. The zero-order chi connectivity index (χ0) is 16.0. The summed E-state index contributed by atoms with van der Waals surface area (Å²) in [5.74, 6) is -1.30. The molecule has 0 aromatic carbocycles. The highest BCUT2D eigenvalue weighted by Gasteiger charge is 2.42. The zero-order valence-electron chi connectivity index (χ0n) is 13.1. The van der Waals surface area contributed by atoms with Gasteiger partial charge in [-0.25, -0.2) is 0 Å². The number of thiophene rings is 1. The van der Waals surface area contributed by atoms with Gasteiger partial charge in [0.2, 0.25) is 5.91 Å². The second kappa shape index (κ2) is 7.77. The standard InChI is InChI=1S/C17H25NO3S/c1-2-7-13(15(19)20)12-18-16(21)17(9-4-3-5-10-17)14-8-6-11-22-14/h6,8,11,13H,2-5,7,9-10,12H2,1H3,(H,18,21)(H,19,20). The third-order valence-electron chi connectivity index (χ3n) is 4.63. The molecule has 1 saturated carbocycles. The fourth-order valence-corrected chi connectivity index (χ4v) is 4.32. The molecule has 0 spiro atoms. The summed E-state index contributed by atoms with van der Waals surface area (Å²) >= 11 is 1.63. The van der Waals surface area contributed by atoms with Crippen molar-refractivity contribution in [2.75, 3.05) is 6.54 Å². The van der Waals surface area contributed by atoms with Crippen LogP contribution in [0.25, 0.3) is 0 Å². The van der Waals surface area contributed by atoms with Gasteiger partial charge in [0.05, 0.1) is 11.3 Å². The van der Waals surface area contributed by atoms with E-state index in [-0.39, 0.29) is 12.5 Å². The van der Waals surface area contributed by atoms with E-state index < -0.39 is 17.3 Å². The molecule has 22 heavy (non-hydrogen) atoms. The lowest BCUT2D eigenvalue weighted by molar-refractivity contribution is -0.142. The third kappa shape index (κ3) is 3.69. The van der Waals surface area contributed by atoms with Crippen molar-refractivity contribution in [2.24, 2.45) is 5.92 Å². The van der Waals surface area contributed by atoms with E-state index >= 15 is 0 Å². The molecule has 0 saturated heterocycles. The zero-order valence-corrected chi connectivity index (χ0v) is 14.0. The van der Waals surface area contributed by atoms with Gasteiger partial charge < -0.3 is 10.4 Å². The Hall–Kier alpha value is -1.36. The first-order chi connectivity index (χ1) is 10.6. The van der Waals surface area contributed by atoms with Crippen LogP contribution in [0.4, 0.5) is 0 Å². The molecule has 1 heterocycles. The van der Waals surface area contributed by atoms with E-state index in [4.69, 9.17) is 0 Å². The molecule has 1 amide bonds. The smallest absolute Gasteiger partial charge is 0.308 e. The fourth-order valence-electron chi connectivity index (χ4n) is 3.34. The first-order valence-corrected chi connectivity index (χ1v) is 9.03. The van der Waals surface area contributed by atoms with Gasteiger partial charge >= 0.3 is 5.97 Å². The number of amides is 1. The van der Waals surface area contributed by atoms with Crippen LogP contribution in [0.1, 0.15) is 56.7 Å². The van der Waals surface area contributed by atoms with Crippen LogP contribution in [0, 0.1) is 5.92 Å². The first kappa shape index (κ1) is 17.0. The molecule has 1 atom stereocenters. The molecule has 1 fully saturated rings. The second-order valence-corrected chi connectivity index (χ2v) is 7.10. The second-order valence-electron chi connectivity index (χ2n) is 6.15. The molecule has 1 aromatic heterocycles. The van der Waals surface area contributed by atoms with Crippen molar-refractivity contribution >= 4 is 23.2 Å². The maximum absolute atomic E-state index is 12.9. The van der Waals surface area contributed by atoms with E-state index in [2.05, 4.69) is 5.32 Å². The lowest BCUT2D eigenvalue weighted by atomic mass is 9.72. The Morgan fingerprint density at radius 3 is 2.64 bits per heavy atom. The molecular formula is C17H25NO3S. The largest absolute Gasteiger partial charge is 0.481 e. The number of nitrogens with one attached hydrogen (secondary N) is 1. The van der Waals surface area contributed by atoms with Crippen LogP contribution in [0.5, 0.6) is 0 Å². The summed E-state index contributed by atoms with van der Waals surface area (Å²) in [7, 11) is 0. The molecule has 1 unspecified atom stereocenters. The Kier molecular flexibility index (Phi) is 6.00. The number of hydrogen-bond donors (Lipinski definition) is 2. The minimum atomic E-state index is -0.823. The number of carboxylic acid groups (broad SMARTS) is 1. The van der Waals surface area contributed by atoms with Gasteiger partial charge in [-0.15, -0.1) is 11.3 Å². The molecule has 0 bridgehead atoms. The van der Waals surface area contributed by atoms with Gasteiger partial charge in [-0.1, -0.05) is 38.7 Å². The van der Waals surface area contributed by atoms with Gasteiger partial charge in [-0.05, 0) is 30.7 Å². The lowest BCUT2D eigenvalue weighted by Gasteiger charge is -2.35. The highest BCUT2D eigenvalue weighted by atomic mass is 32.1. The van der Waals surface area contributed by atoms with Crippen molar-refractivity contribution in [1.29, 1.82) is 0 Å². The number of aliphatic carboxylic acids is 1. The van der Waals surface area contributed by atoms with Gasteiger partial charge in [0, 0.05) is 11.4 Å². The summed E-state index contributed by atoms with van der Waals surface area (Å²) in [6.07, 6.45) is 6.43. The summed E-state index contributed by atoms with van der Waals surface area (Å²) in [6.45, 7) is 2.20. The monoisotopic (exact) mass is 323 g/mol. The summed E-state index contributed by atoms with van der Waals surface area (Å²) in [5.41, 5.74) is -0.443. The van der Waals surface area contributed by atoms with E-state index in [1.54, 1.807) is 11.3 Å². The molecule has 1 aliphatic rings. The normalized spacial score (nSPS) is 18.6. The molecule has 0 aliphatic heterocycles. The van der Waals surface area contributed by atoms with Crippen molar-refractivity contribution < 1.29 is 14.7 Å². The maximum Gasteiger partial charge on any atom is 0.308 e. The molecule has 122 valence electrons. The lowest BCUT2D eigenvalue weighted by Crippen LogP contribution is -2.47. The average Bonchev–Trinajstić information content (AvgIpc) is 3.06. The van der Waals surface area contributed by atoms with Gasteiger partial charge in [0.1, 0.15) is 0 Å². The Labute approximate surface area is 135 Å². The molecule has 2 rings (SSSR count). The van der Waals surface area contributed by atoms with Crippen LogP contribution in [0.2, 0.25) is 0 Å². The Bertz CT molecular complexity index is 492. The summed E-state index contributed by atoms with van der Waals surface area (Å²) in [4.78, 5) is 25.2. The van der Waals surface area contributed by atoms with Crippen LogP contribution >= 0.6 is 11.3 Å². The van der Waals surface area contributed by atoms with Crippen molar-refractivity contribution in [3.05, 3.63) is 22.4 Å². The molecule has 5 heteroatoms. The van der Waals surface area contributed by atoms with Crippen molar-refractivity contribution in [2.45, 2.75) is 57.3 Å². The topological polar surface area (TPSA) is 66.4 Å². The number of hydrogen-bond acceptors (Lipinski definition) is 3. The maximum atomic E-state index is 12.9. The third-order valence-corrected chi connectivity index (χ3v) is 5.70. The van der Waals surface area contributed by atoms with Crippen LogP contribution in [0.15, 0.2) is 17.5 Å². The van der Waals surface area contributed by atoms with E-state index in [0.29, 0.717) is 6.42 Å². The minimum Gasteiger partial charge on any atom is -0.481 e. The van der Waals surface area contributed by atoms with Crippen LogP contribution < -0.4 is 5.32 Å². The Morgan fingerprint density at radius 2 is 2.09 bits per heavy atom. The molecule has 1 aliphatic carbocycles. The van der Waals surface area contributed by atoms with E-state index in [1.807, 2.05) is 24.4 Å². The molecule has 1 aromatic rings. The van der Waals surface area contributed by atoms with E-state index in [0.717, 1.165) is 37.0 Å². The Morgan fingerprint density at radius 1 is 1.36 bits per heavy atom. The molecule has 2 N–H and O–H groups in total. The van der Waals surface area contributed by atoms with Crippen LogP contribution in [0.3, 0.4) is 0 Å². The number of rotatable bonds is 7. The van der Waals surface area contributed by atoms with Crippen LogP contribution in [-0.2, 0) is 15.0 Å². The van der Waals surface area contributed by atoms with Crippen molar-refractivity contribution in [3.8, 4) is 0 Å². The van der Waals surface area contributed by atoms with Gasteiger partial charge in [0.25, 0.3) is 0 Å². The fraction of sp³-hybridized carbons (Fsp3) is 0.647. The Balaban J connectivity index is 2.08. The van der Waals surface area contributed by atoms with Crippen LogP contribution in [-0.4, -0.2) is 23.5 Å². The van der Waals surface area contributed by atoms with Gasteiger partial charge in [0.15, 0.2) is 0 Å². The highest BCUT2D eigenvalue weighted by Crippen LogP contribution is 2.41. The summed E-state index contributed by atoms with van der Waals surface area (Å²) in [6, 6.07) is 4.02. The molecule has 0 radical (unpaired) electrons. The van der Waals surface area contributed by atoms with Crippen molar-refractivity contribution in [1.82, 2.24) is 5.32 Å². The predicted octanol–water partition coefficient (Wildman–Crippen LogP) is 3.57. The van der Waals surface area contributed by atoms with E-state index in [1.165, 1.54) is 6.42 Å². The quantitative estimate of drug-likeness (QED) is 0.806. The van der Waals surface area contributed by atoms with Gasteiger partial charge in [-0.3, -0.25) is 9.59 Å². The number of carbonyl (C=O) groups is 2. The summed E-state index contributed by atoms with van der Waals surface area (Å²) in [5, 5.41) is 14.2. The number of carbonyl (C=O) groups excluding carboxylic acids is 1. The van der Waals surface area contributed by atoms with E-state index in [9.17, 15) is 14.7 Å². The minimum absolute atomic E-state index is 0.0111. The summed E-state index contributed by atoms with van der Waals surface area (Å²) < 4.78 is 0. The molecular weight excluding hydrogens is 298 g/mol. The first-order valence-electron chi connectivity index (χ1n) is 8.15. The molecule has 4 nitrogen and oxygen atoms in total. The van der Waals surface area contributed by atoms with Gasteiger partial charge in [-0.2, -0.15) is 0 Å². The SMILES string of the molecule is CCCC(CNC(=O)C1(c2cccs2)CCCCC1)C(=O)O.